The number of aromatic nitrogens is 3. The van der Waals surface area contributed by atoms with Crippen LogP contribution in [0.4, 0.5) is 10.1 Å². The van der Waals surface area contributed by atoms with Crippen molar-refractivity contribution in [3.05, 3.63) is 77.6 Å². The highest BCUT2D eigenvalue weighted by Gasteiger charge is 2.12. The van der Waals surface area contributed by atoms with Crippen LogP contribution in [0.1, 0.15) is 15.9 Å². The van der Waals surface area contributed by atoms with Crippen molar-refractivity contribution in [3.63, 3.8) is 0 Å². The van der Waals surface area contributed by atoms with Crippen molar-refractivity contribution in [2.45, 2.75) is 6.92 Å². The van der Waals surface area contributed by atoms with Crippen LogP contribution in [0, 0.1) is 12.7 Å². The van der Waals surface area contributed by atoms with E-state index in [1.54, 1.807) is 19.2 Å². The van der Waals surface area contributed by atoms with Gasteiger partial charge in [0.15, 0.2) is 0 Å². The highest BCUT2D eigenvalue weighted by atomic mass is 19.1. The topological polar surface area (TPSA) is 69.0 Å². The van der Waals surface area contributed by atoms with E-state index in [4.69, 9.17) is 4.74 Å². The maximum atomic E-state index is 13.4. The molecule has 1 N–H and O–H groups in total. The molecule has 0 spiro atoms. The van der Waals surface area contributed by atoms with Crippen LogP contribution in [0.25, 0.3) is 16.7 Å². The summed E-state index contributed by atoms with van der Waals surface area (Å²) < 4.78 is 18.5. The highest BCUT2D eigenvalue weighted by Crippen LogP contribution is 2.23. The summed E-state index contributed by atoms with van der Waals surface area (Å²) in [6.07, 6.45) is 0. The molecular formula is C21H17FN4O2. The van der Waals surface area contributed by atoms with Crippen LogP contribution in [-0.4, -0.2) is 28.0 Å². The fourth-order valence-electron chi connectivity index (χ4n) is 2.86. The van der Waals surface area contributed by atoms with E-state index in [1.165, 1.54) is 23.0 Å². The number of hydrogen-bond acceptors (Lipinski definition) is 4. The van der Waals surface area contributed by atoms with Crippen molar-refractivity contribution in [1.29, 1.82) is 0 Å². The molecule has 140 valence electrons. The van der Waals surface area contributed by atoms with Crippen LogP contribution >= 0.6 is 0 Å². The second-order valence-electron chi connectivity index (χ2n) is 6.31. The van der Waals surface area contributed by atoms with Crippen molar-refractivity contribution >= 4 is 22.6 Å². The molecule has 0 saturated heterocycles. The molecule has 0 saturated carbocycles. The monoisotopic (exact) mass is 376 g/mol. The van der Waals surface area contributed by atoms with Gasteiger partial charge in [0.2, 0.25) is 0 Å². The molecule has 7 heteroatoms. The predicted octanol–water partition coefficient (Wildman–Crippen LogP) is 4.13. The van der Waals surface area contributed by atoms with Gasteiger partial charge in [-0.15, -0.1) is 10.2 Å². The van der Waals surface area contributed by atoms with Gasteiger partial charge in [-0.3, -0.25) is 4.79 Å². The summed E-state index contributed by atoms with van der Waals surface area (Å²) in [6, 6.07) is 16.5. The Hall–Kier alpha value is -3.74. The van der Waals surface area contributed by atoms with Crippen LogP contribution in [0.2, 0.25) is 0 Å². The number of hydrogen-bond donors (Lipinski definition) is 1. The molecule has 1 amide bonds. The molecule has 3 aromatic carbocycles. The van der Waals surface area contributed by atoms with E-state index in [0.29, 0.717) is 16.7 Å². The minimum atomic E-state index is -0.456. The molecule has 1 aromatic heterocycles. The predicted molar refractivity (Wildman–Crippen MR) is 105 cm³/mol. The molecule has 1 heterocycles. The maximum absolute atomic E-state index is 13.4. The number of nitrogens with zero attached hydrogens (tertiary/aromatic N) is 3. The fourth-order valence-corrected chi connectivity index (χ4v) is 2.86. The van der Waals surface area contributed by atoms with Gasteiger partial charge < -0.3 is 10.1 Å². The lowest BCUT2D eigenvalue weighted by molar-refractivity contribution is 0.102. The largest absolute Gasteiger partial charge is 0.497 e. The number of halogens is 1. The molecule has 28 heavy (non-hydrogen) atoms. The molecule has 0 fully saturated rings. The fraction of sp³-hybridized carbons (Fsp3) is 0.0952. The van der Waals surface area contributed by atoms with E-state index in [2.05, 4.69) is 15.5 Å². The first kappa shape index (κ1) is 17.7. The minimum absolute atomic E-state index is 0.251. The minimum Gasteiger partial charge on any atom is -0.497 e. The zero-order valence-corrected chi connectivity index (χ0v) is 15.3. The number of methoxy groups -OCH3 is 1. The molecule has 4 aromatic rings. The number of benzene rings is 3. The average molecular weight is 376 g/mol. The molecule has 6 nitrogen and oxygen atoms in total. The van der Waals surface area contributed by atoms with Crippen LogP contribution in [0.15, 0.2) is 60.7 Å². The number of rotatable bonds is 4. The second-order valence-corrected chi connectivity index (χ2v) is 6.31. The quantitative estimate of drug-likeness (QED) is 0.581. The standard InChI is InChI=1S/C21H17FN4O2/c1-13-10-19-20(25-26(24-19)16-6-8-17(28-2)9-7-16)12-18(13)23-21(27)14-4-3-5-15(22)11-14/h3-12H,1-2H3,(H,23,27). The molecule has 0 atom stereocenters. The van der Waals surface area contributed by atoms with Gasteiger partial charge in [-0.25, -0.2) is 4.39 Å². The Labute approximate surface area is 160 Å². The number of anilines is 1. The van der Waals surface area contributed by atoms with E-state index in [9.17, 15) is 9.18 Å². The first-order valence-electron chi connectivity index (χ1n) is 8.62. The van der Waals surface area contributed by atoms with E-state index in [-0.39, 0.29) is 11.5 Å². The lowest BCUT2D eigenvalue weighted by atomic mass is 10.1. The van der Waals surface area contributed by atoms with Gasteiger partial charge >= 0.3 is 0 Å². The van der Waals surface area contributed by atoms with E-state index < -0.39 is 5.82 Å². The van der Waals surface area contributed by atoms with Crippen LogP contribution in [0.5, 0.6) is 5.75 Å². The zero-order chi connectivity index (χ0) is 19.7. The molecule has 0 aliphatic rings. The van der Waals surface area contributed by atoms with Crippen molar-refractivity contribution in [2.24, 2.45) is 0 Å². The summed E-state index contributed by atoms with van der Waals surface area (Å²) in [6.45, 7) is 1.87. The van der Waals surface area contributed by atoms with E-state index in [0.717, 1.165) is 17.0 Å². The number of aryl methyl sites for hydroxylation is 1. The van der Waals surface area contributed by atoms with Gasteiger partial charge in [0.25, 0.3) is 5.91 Å². The third kappa shape index (κ3) is 3.42. The Bertz CT molecular complexity index is 1170. The summed E-state index contributed by atoms with van der Waals surface area (Å²) in [4.78, 5) is 13.9. The number of nitrogens with one attached hydrogen (secondary N) is 1. The Morgan fingerprint density at radius 1 is 1.04 bits per heavy atom. The summed E-state index contributed by atoms with van der Waals surface area (Å²) in [5.74, 6) is -0.0922. The average Bonchev–Trinajstić information content (AvgIpc) is 3.11. The summed E-state index contributed by atoms with van der Waals surface area (Å²) in [5, 5.41) is 11.8. The summed E-state index contributed by atoms with van der Waals surface area (Å²) >= 11 is 0. The van der Waals surface area contributed by atoms with E-state index in [1.807, 2.05) is 37.3 Å². The summed E-state index contributed by atoms with van der Waals surface area (Å²) in [5.41, 5.74) is 3.82. The van der Waals surface area contributed by atoms with Crippen molar-refractivity contribution < 1.29 is 13.9 Å². The van der Waals surface area contributed by atoms with Gasteiger partial charge in [-0.2, -0.15) is 4.80 Å². The summed E-state index contributed by atoms with van der Waals surface area (Å²) in [7, 11) is 1.61. The molecule has 4 rings (SSSR count). The van der Waals surface area contributed by atoms with Crippen molar-refractivity contribution in [1.82, 2.24) is 15.0 Å². The van der Waals surface area contributed by atoms with E-state index >= 15 is 0 Å². The Morgan fingerprint density at radius 2 is 1.75 bits per heavy atom. The molecule has 0 unspecified atom stereocenters. The first-order chi connectivity index (χ1) is 13.5. The Balaban J connectivity index is 1.65. The molecule has 0 bridgehead atoms. The normalized spacial score (nSPS) is 10.8. The molecule has 0 aliphatic carbocycles. The van der Waals surface area contributed by atoms with Gasteiger partial charge in [-0.05, 0) is 67.1 Å². The molecule has 0 aliphatic heterocycles. The lowest BCUT2D eigenvalue weighted by Gasteiger charge is -2.08. The Morgan fingerprint density at radius 3 is 2.43 bits per heavy atom. The maximum Gasteiger partial charge on any atom is 0.255 e. The first-order valence-corrected chi connectivity index (χ1v) is 8.62. The van der Waals surface area contributed by atoms with Gasteiger partial charge in [-0.1, -0.05) is 6.07 Å². The molecule has 0 radical (unpaired) electrons. The van der Waals surface area contributed by atoms with Gasteiger partial charge in [0.05, 0.1) is 12.8 Å². The Kier molecular flexibility index (Phi) is 4.49. The lowest BCUT2D eigenvalue weighted by Crippen LogP contribution is -2.12. The van der Waals surface area contributed by atoms with Gasteiger partial charge in [0.1, 0.15) is 22.6 Å². The van der Waals surface area contributed by atoms with Crippen LogP contribution in [-0.2, 0) is 0 Å². The third-order valence-electron chi connectivity index (χ3n) is 4.36. The SMILES string of the molecule is COc1ccc(-n2nc3cc(C)c(NC(=O)c4cccc(F)c4)cc3n2)cc1. The highest BCUT2D eigenvalue weighted by molar-refractivity contribution is 6.05. The van der Waals surface area contributed by atoms with Crippen LogP contribution in [0.3, 0.4) is 0 Å². The number of amides is 1. The van der Waals surface area contributed by atoms with Crippen molar-refractivity contribution in [3.8, 4) is 11.4 Å². The second kappa shape index (κ2) is 7.11. The van der Waals surface area contributed by atoms with Gasteiger partial charge in [0, 0.05) is 11.3 Å². The molecular weight excluding hydrogens is 359 g/mol. The number of carbonyl (C=O) groups is 1. The number of carbonyl (C=O) groups excluding carboxylic acids is 1. The smallest absolute Gasteiger partial charge is 0.255 e. The number of ether oxygens (including phenoxy) is 1. The van der Waals surface area contributed by atoms with Crippen LogP contribution < -0.4 is 10.1 Å². The zero-order valence-electron chi connectivity index (χ0n) is 15.3. The number of fused-ring (bicyclic) bond motifs is 1. The third-order valence-corrected chi connectivity index (χ3v) is 4.36. The van der Waals surface area contributed by atoms with Crippen molar-refractivity contribution in [2.75, 3.05) is 12.4 Å².